The average molecular weight is 255 g/mol. The van der Waals surface area contributed by atoms with Crippen molar-refractivity contribution in [1.82, 2.24) is 9.55 Å². The highest BCUT2D eigenvalue weighted by Gasteiger charge is 2.14. The van der Waals surface area contributed by atoms with Crippen LogP contribution >= 0.6 is 23.2 Å². The summed E-state index contributed by atoms with van der Waals surface area (Å²) in [6.07, 6.45) is 0.640. The third kappa shape index (κ3) is 1.84. The maximum Gasteiger partial charge on any atom is 0.209 e. The van der Waals surface area contributed by atoms with Crippen LogP contribution in [0.5, 0.6) is 0 Å². The van der Waals surface area contributed by atoms with Crippen LogP contribution in [0.25, 0.3) is 5.69 Å². The van der Waals surface area contributed by atoms with Crippen LogP contribution in [-0.2, 0) is 0 Å². The monoisotopic (exact) mass is 254 g/mol. The minimum Gasteiger partial charge on any atom is -0.296 e. The van der Waals surface area contributed by atoms with Crippen LogP contribution in [0.1, 0.15) is 16.1 Å². The Balaban J connectivity index is 2.63. The Bertz CT molecular complexity index is 532. The second kappa shape index (κ2) is 4.28. The Kier molecular flexibility index (Phi) is 2.99. The van der Waals surface area contributed by atoms with E-state index in [1.165, 1.54) is 4.57 Å². The molecule has 0 bridgehead atoms. The van der Waals surface area contributed by atoms with E-state index < -0.39 is 0 Å². The number of aryl methyl sites for hydroxylation is 1. The van der Waals surface area contributed by atoms with Gasteiger partial charge in [-0.3, -0.25) is 9.36 Å². The second-order valence-corrected chi connectivity index (χ2v) is 4.04. The fraction of sp³-hybridized carbons (Fsp3) is 0.0909. The molecule has 0 aliphatic heterocycles. The Morgan fingerprint density at radius 2 is 1.88 bits per heavy atom. The molecular formula is C11H8Cl2N2O. The van der Waals surface area contributed by atoms with Gasteiger partial charge in [0.1, 0.15) is 5.69 Å². The topological polar surface area (TPSA) is 34.9 Å². The Hall–Kier alpha value is -1.32. The summed E-state index contributed by atoms with van der Waals surface area (Å²) in [5.74, 6) is 0. The molecule has 5 heteroatoms. The number of hydrogen-bond donors (Lipinski definition) is 0. The average Bonchev–Trinajstić information content (AvgIpc) is 2.54. The van der Waals surface area contributed by atoms with Crippen molar-refractivity contribution in [3.05, 3.63) is 46.0 Å². The zero-order chi connectivity index (χ0) is 11.7. The number of nitrogens with zero attached hydrogens (tertiary/aromatic N) is 2. The van der Waals surface area contributed by atoms with Gasteiger partial charge in [-0.25, -0.2) is 4.98 Å². The van der Waals surface area contributed by atoms with Gasteiger partial charge in [0.2, 0.25) is 5.28 Å². The molecule has 1 aromatic heterocycles. The van der Waals surface area contributed by atoms with Crippen molar-refractivity contribution < 1.29 is 4.79 Å². The molecule has 0 unspecified atom stereocenters. The molecule has 0 aliphatic rings. The molecule has 0 N–H and O–H groups in total. The van der Waals surface area contributed by atoms with E-state index in [0.717, 1.165) is 11.3 Å². The van der Waals surface area contributed by atoms with Crippen molar-refractivity contribution in [3.8, 4) is 5.69 Å². The van der Waals surface area contributed by atoms with E-state index in [2.05, 4.69) is 4.98 Å². The molecule has 0 amide bonds. The first kappa shape index (κ1) is 11.2. The molecule has 0 atom stereocenters. The summed E-state index contributed by atoms with van der Waals surface area (Å²) in [4.78, 5) is 14.7. The smallest absolute Gasteiger partial charge is 0.209 e. The number of aromatic nitrogens is 2. The minimum absolute atomic E-state index is 0.112. The predicted molar refractivity (Wildman–Crippen MR) is 63.7 cm³/mol. The zero-order valence-electron chi connectivity index (χ0n) is 8.45. The second-order valence-electron chi connectivity index (χ2n) is 3.35. The molecule has 2 aromatic rings. The van der Waals surface area contributed by atoms with Gasteiger partial charge in [0.15, 0.2) is 11.4 Å². The maximum atomic E-state index is 10.9. The molecule has 0 saturated carbocycles. The summed E-state index contributed by atoms with van der Waals surface area (Å²) in [5.41, 5.74) is 2.14. The number of carbonyl (C=O) groups excluding carboxylic acids is 1. The van der Waals surface area contributed by atoms with E-state index in [0.29, 0.717) is 6.29 Å². The summed E-state index contributed by atoms with van der Waals surface area (Å²) in [7, 11) is 0. The van der Waals surface area contributed by atoms with Crippen LogP contribution in [0.3, 0.4) is 0 Å². The fourth-order valence-corrected chi connectivity index (χ4v) is 1.95. The summed E-state index contributed by atoms with van der Waals surface area (Å²) in [6.45, 7) is 1.98. The van der Waals surface area contributed by atoms with Gasteiger partial charge in [-0.1, -0.05) is 29.3 Å². The molecule has 3 nitrogen and oxygen atoms in total. The highest BCUT2D eigenvalue weighted by Crippen LogP contribution is 2.24. The lowest BCUT2D eigenvalue weighted by atomic mass is 10.2. The summed E-state index contributed by atoms with van der Waals surface area (Å²) in [5, 5.41) is 0.288. The molecule has 2 rings (SSSR count). The van der Waals surface area contributed by atoms with Gasteiger partial charge >= 0.3 is 0 Å². The van der Waals surface area contributed by atoms with Crippen molar-refractivity contribution in [2.75, 3.05) is 0 Å². The Morgan fingerprint density at radius 3 is 2.44 bits per heavy atom. The Morgan fingerprint density at radius 1 is 1.25 bits per heavy atom. The number of imidazole rings is 1. The molecule has 0 fully saturated rings. The van der Waals surface area contributed by atoms with E-state index >= 15 is 0 Å². The largest absolute Gasteiger partial charge is 0.296 e. The molecule has 0 saturated heterocycles. The van der Waals surface area contributed by atoms with Crippen molar-refractivity contribution in [3.63, 3.8) is 0 Å². The molecular weight excluding hydrogens is 247 g/mol. The van der Waals surface area contributed by atoms with E-state index in [4.69, 9.17) is 23.2 Å². The third-order valence-corrected chi connectivity index (χ3v) is 2.76. The van der Waals surface area contributed by atoms with E-state index in [-0.39, 0.29) is 16.1 Å². The van der Waals surface area contributed by atoms with E-state index in [9.17, 15) is 4.79 Å². The third-order valence-electron chi connectivity index (χ3n) is 2.23. The fourth-order valence-electron chi connectivity index (χ4n) is 1.42. The van der Waals surface area contributed by atoms with Gasteiger partial charge in [-0.05, 0) is 30.7 Å². The van der Waals surface area contributed by atoms with Crippen molar-refractivity contribution in [1.29, 1.82) is 0 Å². The first-order valence-electron chi connectivity index (χ1n) is 4.59. The van der Waals surface area contributed by atoms with Crippen LogP contribution in [0.15, 0.2) is 24.3 Å². The van der Waals surface area contributed by atoms with Gasteiger partial charge in [-0.2, -0.15) is 0 Å². The summed E-state index contributed by atoms with van der Waals surface area (Å²) >= 11 is 11.7. The van der Waals surface area contributed by atoms with Gasteiger partial charge in [0.05, 0.1) is 0 Å². The Labute approximate surface area is 103 Å². The zero-order valence-corrected chi connectivity index (χ0v) is 9.96. The van der Waals surface area contributed by atoms with Gasteiger partial charge in [0, 0.05) is 5.69 Å². The highest BCUT2D eigenvalue weighted by molar-refractivity contribution is 6.34. The number of rotatable bonds is 2. The summed E-state index contributed by atoms with van der Waals surface area (Å²) in [6, 6.07) is 7.56. The number of carbonyl (C=O) groups is 1. The minimum atomic E-state index is 0.112. The molecule has 1 aromatic carbocycles. The molecule has 0 aliphatic carbocycles. The SMILES string of the molecule is Cc1ccc(-n2c(Cl)nc(Cl)c2C=O)cc1. The standard InChI is InChI=1S/C11H8Cl2N2O/c1-7-2-4-8(5-3-7)15-9(6-16)10(12)14-11(15)13/h2-6H,1H3. The molecule has 0 radical (unpaired) electrons. The van der Waals surface area contributed by atoms with Crippen molar-refractivity contribution in [2.45, 2.75) is 6.92 Å². The van der Waals surface area contributed by atoms with Crippen LogP contribution in [0.4, 0.5) is 0 Å². The van der Waals surface area contributed by atoms with Crippen molar-refractivity contribution in [2.24, 2.45) is 0 Å². The van der Waals surface area contributed by atoms with E-state index in [1.807, 2.05) is 31.2 Å². The first-order valence-corrected chi connectivity index (χ1v) is 5.35. The van der Waals surface area contributed by atoms with E-state index in [1.54, 1.807) is 0 Å². The number of hydrogen-bond acceptors (Lipinski definition) is 2. The maximum absolute atomic E-state index is 10.9. The predicted octanol–water partition coefficient (Wildman–Crippen LogP) is 3.30. The molecule has 1 heterocycles. The van der Waals surface area contributed by atoms with Crippen LogP contribution in [0, 0.1) is 6.92 Å². The van der Waals surface area contributed by atoms with Crippen LogP contribution < -0.4 is 0 Å². The van der Waals surface area contributed by atoms with Gasteiger partial charge < -0.3 is 0 Å². The lowest BCUT2D eigenvalue weighted by Crippen LogP contribution is -1.99. The summed E-state index contributed by atoms with van der Waals surface area (Å²) < 4.78 is 1.51. The highest BCUT2D eigenvalue weighted by atomic mass is 35.5. The molecule has 0 spiro atoms. The van der Waals surface area contributed by atoms with Gasteiger partial charge in [0.25, 0.3) is 0 Å². The van der Waals surface area contributed by atoms with Crippen LogP contribution in [0.2, 0.25) is 10.4 Å². The number of aldehydes is 1. The lowest BCUT2D eigenvalue weighted by Gasteiger charge is -2.05. The molecule has 16 heavy (non-hydrogen) atoms. The molecule has 82 valence electrons. The normalized spacial score (nSPS) is 10.4. The first-order chi connectivity index (χ1) is 7.63. The number of benzene rings is 1. The lowest BCUT2D eigenvalue weighted by molar-refractivity contribution is 0.111. The number of halogens is 2. The van der Waals surface area contributed by atoms with Gasteiger partial charge in [-0.15, -0.1) is 0 Å². The van der Waals surface area contributed by atoms with Crippen molar-refractivity contribution >= 4 is 29.5 Å². The quantitative estimate of drug-likeness (QED) is 0.771. The van der Waals surface area contributed by atoms with Crippen LogP contribution in [-0.4, -0.2) is 15.8 Å².